The molecule has 2 saturated heterocycles. The minimum atomic E-state index is -0.154. The predicted octanol–water partition coefficient (Wildman–Crippen LogP) is 1.03. The van der Waals surface area contributed by atoms with E-state index in [4.69, 9.17) is 9.47 Å². The zero-order valence-corrected chi connectivity index (χ0v) is 15.2. The minimum Gasteiger partial charge on any atom is -0.383 e. The highest BCUT2D eigenvalue weighted by atomic mass is 16.5. The zero-order chi connectivity index (χ0) is 17.5. The van der Waals surface area contributed by atoms with Gasteiger partial charge in [0.2, 0.25) is 0 Å². The number of likely N-dealkylation sites (tertiary alicyclic amines) is 1. The van der Waals surface area contributed by atoms with Crippen LogP contribution in [0.25, 0.3) is 0 Å². The van der Waals surface area contributed by atoms with Gasteiger partial charge in [-0.25, -0.2) is 4.79 Å². The number of carbonyl (C=O) groups is 2. The molecule has 0 saturated carbocycles. The summed E-state index contributed by atoms with van der Waals surface area (Å²) in [7, 11) is 1.60. The molecule has 0 bridgehead atoms. The zero-order valence-electron chi connectivity index (χ0n) is 15.2. The van der Waals surface area contributed by atoms with Crippen molar-refractivity contribution < 1.29 is 19.1 Å². The Bertz CT molecular complexity index is 432. The average molecular weight is 341 g/mol. The molecule has 138 valence electrons. The van der Waals surface area contributed by atoms with Crippen LogP contribution in [0.3, 0.4) is 0 Å². The summed E-state index contributed by atoms with van der Waals surface area (Å²) >= 11 is 0. The Kier molecular flexibility index (Phi) is 7.45. The fourth-order valence-electron chi connectivity index (χ4n) is 3.61. The molecule has 2 aliphatic heterocycles. The summed E-state index contributed by atoms with van der Waals surface area (Å²) in [6.45, 7) is 9.68. The van der Waals surface area contributed by atoms with E-state index in [0.29, 0.717) is 19.1 Å². The van der Waals surface area contributed by atoms with Crippen LogP contribution in [0.1, 0.15) is 26.7 Å². The minimum absolute atomic E-state index is 0.0145. The van der Waals surface area contributed by atoms with Gasteiger partial charge >= 0.3 is 6.03 Å². The number of nitrogens with zero attached hydrogens (tertiary/aromatic N) is 3. The molecule has 7 heteroatoms. The molecule has 0 N–H and O–H groups in total. The van der Waals surface area contributed by atoms with Crippen molar-refractivity contribution in [1.29, 1.82) is 0 Å². The fourth-order valence-corrected chi connectivity index (χ4v) is 3.61. The van der Waals surface area contributed by atoms with Crippen molar-refractivity contribution in [3.8, 4) is 0 Å². The van der Waals surface area contributed by atoms with Gasteiger partial charge in [-0.3, -0.25) is 9.69 Å². The molecule has 2 rings (SSSR count). The third-order valence-corrected chi connectivity index (χ3v) is 4.88. The monoisotopic (exact) mass is 341 g/mol. The number of amides is 3. The van der Waals surface area contributed by atoms with Gasteiger partial charge in [-0.1, -0.05) is 6.92 Å². The van der Waals surface area contributed by atoms with Crippen LogP contribution in [-0.2, 0) is 14.3 Å². The largest absolute Gasteiger partial charge is 0.383 e. The summed E-state index contributed by atoms with van der Waals surface area (Å²) in [6, 6.07) is -0.139. The van der Waals surface area contributed by atoms with Crippen molar-refractivity contribution in [2.24, 2.45) is 5.92 Å². The van der Waals surface area contributed by atoms with Crippen molar-refractivity contribution in [1.82, 2.24) is 14.7 Å². The van der Waals surface area contributed by atoms with Crippen molar-refractivity contribution >= 4 is 11.9 Å². The molecule has 2 fully saturated rings. The van der Waals surface area contributed by atoms with E-state index in [1.54, 1.807) is 12.0 Å². The normalized spacial score (nSPS) is 25.8. The molecule has 24 heavy (non-hydrogen) atoms. The molecule has 0 aromatic heterocycles. The number of carbonyl (C=O) groups excluding carboxylic acids is 2. The number of hydrogen-bond donors (Lipinski definition) is 0. The third kappa shape index (κ3) is 4.68. The van der Waals surface area contributed by atoms with Gasteiger partial charge in [-0.2, -0.15) is 0 Å². The molecule has 0 spiro atoms. The first-order chi connectivity index (χ1) is 11.6. The summed E-state index contributed by atoms with van der Waals surface area (Å²) in [5.74, 6) is 0.221. The Balaban J connectivity index is 1.85. The van der Waals surface area contributed by atoms with Gasteiger partial charge in [0.25, 0.3) is 5.91 Å². The summed E-state index contributed by atoms with van der Waals surface area (Å²) in [5.41, 5.74) is 0. The maximum atomic E-state index is 12.5. The van der Waals surface area contributed by atoms with Gasteiger partial charge < -0.3 is 19.3 Å². The highest BCUT2D eigenvalue weighted by Gasteiger charge is 2.43. The number of urea groups is 1. The maximum absolute atomic E-state index is 12.5. The van der Waals surface area contributed by atoms with E-state index in [1.807, 2.05) is 6.92 Å². The highest BCUT2D eigenvalue weighted by molar-refractivity contribution is 6.02. The molecule has 3 amide bonds. The van der Waals surface area contributed by atoms with Crippen LogP contribution in [0, 0.1) is 5.92 Å². The topological polar surface area (TPSA) is 62.3 Å². The first kappa shape index (κ1) is 19.1. The lowest BCUT2D eigenvalue weighted by Crippen LogP contribution is -2.52. The summed E-state index contributed by atoms with van der Waals surface area (Å²) in [5, 5.41) is 0. The molecule has 0 unspecified atom stereocenters. The van der Waals surface area contributed by atoms with Gasteiger partial charge in [0.1, 0.15) is 6.54 Å². The van der Waals surface area contributed by atoms with Crippen molar-refractivity contribution in [2.75, 3.05) is 59.7 Å². The average Bonchev–Trinajstić information content (AvgIpc) is 2.84. The van der Waals surface area contributed by atoms with E-state index in [-0.39, 0.29) is 24.5 Å². The van der Waals surface area contributed by atoms with E-state index < -0.39 is 0 Å². The molecule has 0 radical (unpaired) electrons. The van der Waals surface area contributed by atoms with Crippen LogP contribution in [0.4, 0.5) is 4.79 Å². The maximum Gasteiger partial charge on any atom is 0.327 e. The van der Waals surface area contributed by atoms with Crippen molar-refractivity contribution in [2.45, 2.75) is 32.7 Å². The molecular formula is C17H31N3O4. The van der Waals surface area contributed by atoms with Crippen LogP contribution in [0.5, 0.6) is 0 Å². The molecule has 2 aliphatic rings. The first-order valence-corrected chi connectivity index (χ1v) is 8.98. The second-order valence-corrected chi connectivity index (χ2v) is 6.65. The lowest BCUT2D eigenvalue weighted by Gasteiger charge is -2.40. The molecule has 7 nitrogen and oxygen atoms in total. The molecule has 0 aromatic carbocycles. The summed E-state index contributed by atoms with van der Waals surface area (Å²) in [4.78, 5) is 30.4. The molecule has 2 atom stereocenters. The van der Waals surface area contributed by atoms with Crippen LogP contribution >= 0.6 is 0 Å². The summed E-state index contributed by atoms with van der Waals surface area (Å²) < 4.78 is 10.4. The number of methoxy groups -OCH3 is 1. The lowest BCUT2D eigenvalue weighted by atomic mass is 9.92. The van der Waals surface area contributed by atoms with Gasteiger partial charge in [0, 0.05) is 52.5 Å². The van der Waals surface area contributed by atoms with E-state index in [9.17, 15) is 9.59 Å². The van der Waals surface area contributed by atoms with Crippen LogP contribution in [0.15, 0.2) is 0 Å². The number of piperidine rings is 1. The van der Waals surface area contributed by atoms with E-state index in [2.05, 4.69) is 11.8 Å². The number of hydrogen-bond acceptors (Lipinski definition) is 5. The fraction of sp³-hybridized carbons (Fsp3) is 0.882. The smallest absolute Gasteiger partial charge is 0.327 e. The van der Waals surface area contributed by atoms with Gasteiger partial charge in [0.15, 0.2) is 0 Å². The van der Waals surface area contributed by atoms with E-state index in [1.165, 1.54) is 4.90 Å². The van der Waals surface area contributed by atoms with Crippen LogP contribution in [0.2, 0.25) is 0 Å². The Morgan fingerprint density at radius 2 is 2.00 bits per heavy atom. The van der Waals surface area contributed by atoms with Gasteiger partial charge in [-0.05, 0) is 25.7 Å². The number of rotatable bonds is 9. The molecule has 0 aliphatic carbocycles. The Hall–Kier alpha value is -1.18. The van der Waals surface area contributed by atoms with E-state index >= 15 is 0 Å². The second-order valence-electron chi connectivity index (χ2n) is 6.65. The molecule has 2 heterocycles. The quantitative estimate of drug-likeness (QED) is 0.463. The Labute approximate surface area is 144 Å². The van der Waals surface area contributed by atoms with Crippen LogP contribution in [-0.4, -0.2) is 92.3 Å². The number of ether oxygens (including phenoxy) is 2. The van der Waals surface area contributed by atoms with Gasteiger partial charge in [0.05, 0.1) is 6.61 Å². The standard InChI is InChI=1S/C17H31N3O4/c1-4-24-10-5-7-18-8-6-15(14(2)12-18)20-16(21)13-19(17(20)22)9-11-23-3/h14-15H,4-13H2,1-3H3/t14-,15+/m0/s1. The molecule has 0 aromatic rings. The highest BCUT2D eigenvalue weighted by Crippen LogP contribution is 2.26. The van der Waals surface area contributed by atoms with Crippen LogP contribution < -0.4 is 0 Å². The number of imide groups is 1. The SMILES string of the molecule is CCOCCCN1CC[C@@H](N2C(=O)CN(CCOC)C2=O)[C@@H](C)C1. The van der Waals surface area contributed by atoms with E-state index in [0.717, 1.165) is 45.7 Å². The van der Waals surface area contributed by atoms with Crippen molar-refractivity contribution in [3.05, 3.63) is 0 Å². The lowest BCUT2D eigenvalue weighted by molar-refractivity contribution is -0.128. The van der Waals surface area contributed by atoms with Crippen molar-refractivity contribution in [3.63, 3.8) is 0 Å². The first-order valence-electron chi connectivity index (χ1n) is 8.98. The van der Waals surface area contributed by atoms with Gasteiger partial charge in [-0.15, -0.1) is 0 Å². The predicted molar refractivity (Wildman–Crippen MR) is 90.8 cm³/mol. The molecular weight excluding hydrogens is 310 g/mol. The summed E-state index contributed by atoms with van der Waals surface area (Å²) in [6.07, 6.45) is 1.88. The second kappa shape index (κ2) is 9.34. The Morgan fingerprint density at radius 1 is 1.21 bits per heavy atom. The third-order valence-electron chi connectivity index (χ3n) is 4.88. The Morgan fingerprint density at radius 3 is 2.67 bits per heavy atom.